The van der Waals surface area contributed by atoms with Gasteiger partial charge in [0, 0.05) is 30.2 Å². The second kappa shape index (κ2) is 7.04. The summed E-state index contributed by atoms with van der Waals surface area (Å²) < 4.78 is 0. The van der Waals surface area contributed by atoms with Crippen molar-refractivity contribution in [2.75, 3.05) is 6.54 Å². The van der Waals surface area contributed by atoms with Gasteiger partial charge in [-0.3, -0.25) is 9.69 Å². The van der Waals surface area contributed by atoms with Crippen molar-refractivity contribution in [3.05, 3.63) is 35.4 Å². The van der Waals surface area contributed by atoms with E-state index in [9.17, 15) is 4.79 Å². The van der Waals surface area contributed by atoms with Crippen LogP contribution in [0, 0.1) is 12.8 Å². The molecule has 0 spiro atoms. The van der Waals surface area contributed by atoms with Gasteiger partial charge in [-0.2, -0.15) is 0 Å². The van der Waals surface area contributed by atoms with Crippen LogP contribution in [-0.4, -0.2) is 35.5 Å². The van der Waals surface area contributed by atoms with Crippen molar-refractivity contribution in [1.82, 2.24) is 10.2 Å². The molecule has 2 bridgehead atoms. The maximum atomic E-state index is 12.5. The van der Waals surface area contributed by atoms with E-state index in [1.165, 1.54) is 31.4 Å². The fraction of sp³-hybridized carbons (Fsp3) is 0.650. The molecule has 1 amide bonds. The molecular weight excluding hydrogens is 284 g/mol. The summed E-state index contributed by atoms with van der Waals surface area (Å²) in [6.45, 7) is 7.86. The van der Waals surface area contributed by atoms with Crippen molar-refractivity contribution < 1.29 is 4.79 Å². The van der Waals surface area contributed by atoms with Crippen LogP contribution in [0.15, 0.2) is 24.3 Å². The fourth-order valence-corrected chi connectivity index (χ4v) is 4.29. The Balaban J connectivity index is 1.62. The molecular formula is C20H30N2O. The topological polar surface area (TPSA) is 32.3 Å². The third-order valence-corrected chi connectivity index (χ3v) is 5.35. The van der Waals surface area contributed by atoms with Gasteiger partial charge in [0.2, 0.25) is 0 Å². The molecule has 2 heterocycles. The molecule has 0 radical (unpaired) electrons. The monoisotopic (exact) mass is 314 g/mol. The van der Waals surface area contributed by atoms with E-state index >= 15 is 0 Å². The van der Waals surface area contributed by atoms with Gasteiger partial charge in [0.25, 0.3) is 5.91 Å². The molecule has 0 aliphatic carbocycles. The molecule has 1 unspecified atom stereocenters. The van der Waals surface area contributed by atoms with E-state index in [2.05, 4.69) is 24.1 Å². The molecule has 0 aromatic heterocycles. The predicted octanol–water partition coefficient (Wildman–Crippen LogP) is 3.77. The van der Waals surface area contributed by atoms with Crippen LogP contribution in [-0.2, 0) is 0 Å². The molecule has 23 heavy (non-hydrogen) atoms. The van der Waals surface area contributed by atoms with Gasteiger partial charge >= 0.3 is 0 Å². The van der Waals surface area contributed by atoms with Crippen LogP contribution in [0.3, 0.4) is 0 Å². The SMILES string of the molecule is Cc1ccc(C(=O)NC2C[C@H]3CCC[C@@H](C2)N3CC(C)C)cc1. The van der Waals surface area contributed by atoms with Crippen molar-refractivity contribution in [3.8, 4) is 0 Å². The molecule has 2 saturated heterocycles. The number of aryl methyl sites for hydroxylation is 1. The fourth-order valence-electron chi connectivity index (χ4n) is 4.29. The highest BCUT2D eigenvalue weighted by Crippen LogP contribution is 2.34. The second-order valence-electron chi connectivity index (χ2n) is 7.84. The molecule has 2 aliphatic rings. The van der Waals surface area contributed by atoms with Crippen LogP contribution in [0.2, 0.25) is 0 Å². The summed E-state index contributed by atoms with van der Waals surface area (Å²) in [4.78, 5) is 15.2. The Labute approximate surface area is 140 Å². The number of hydrogen-bond donors (Lipinski definition) is 1. The molecule has 3 rings (SSSR count). The lowest BCUT2D eigenvalue weighted by Crippen LogP contribution is -2.57. The maximum absolute atomic E-state index is 12.5. The zero-order valence-corrected chi connectivity index (χ0v) is 14.7. The average Bonchev–Trinajstić information content (AvgIpc) is 2.48. The number of nitrogens with zero attached hydrogens (tertiary/aromatic N) is 1. The lowest BCUT2D eigenvalue weighted by atomic mass is 9.81. The van der Waals surface area contributed by atoms with E-state index in [-0.39, 0.29) is 5.91 Å². The largest absolute Gasteiger partial charge is 0.349 e. The van der Waals surface area contributed by atoms with Crippen LogP contribution in [0.1, 0.15) is 61.9 Å². The summed E-state index contributed by atoms with van der Waals surface area (Å²) in [6, 6.07) is 9.53. The molecule has 1 N–H and O–H groups in total. The lowest BCUT2D eigenvalue weighted by Gasteiger charge is -2.49. The van der Waals surface area contributed by atoms with Crippen molar-refractivity contribution >= 4 is 5.91 Å². The van der Waals surface area contributed by atoms with Gasteiger partial charge in [-0.1, -0.05) is 38.0 Å². The molecule has 1 aromatic rings. The standard InChI is InChI=1S/C20H30N2O/c1-14(2)13-22-18-5-4-6-19(22)12-17(11-18)21-20(23)16-9-7-15(3)8-10-16/h7-10,14,17-19H,4-6,11-13H2,1-3H3,(H,21,23)/t17?,18-,19+. The molecule has 3 heteroatoms. The van der Waals surface area contributed by atoms with Crippen LogP contribution in [0.5, 0.6) is 0 Å². The van der Waals surface area contributed by atoms with Gasteiger partial charge in [0.1, 0.15) is 0 Å². The normalized spacial score (nSPS) is 27.9. The van der Waals surface area contributed by atoms with Crippen LogP contribution in [0.4, 0.5) is 0 Å². The Morgan fingerprint density at radius 2 is 1.78 bits per heavy atom. The summed E-state index contributed by atoms with van der Waals surface area (Å²) in [5.41, 5.74) is 1.98. The van der Waals surface area contributed by atoms with E-state index in [4.69, 9.17) is 0 Å². The van der Waals surface area contributed by atoms with Crippen LogP contribution in [0.25, 0.3) is 0 Å². The highest BCUT2D eigenvalue weighted by Gasteiger charge is 2.38. The number of carbonyl (C=O) groups is 1. The quantitative estimate of drug-likeness (QED) is 0.917. The lowest BCUT2D eigenvalue weighted by molar-refractivity contribution is 0.0158. The zero-order chi connectivity index (χ0) is 16.4. The first-order valence-corrected chi connectivity index (χ1v) is 9.16. The maximum Gasteiger partial charge on any atom is 0.251 e. The molecule has 0 saturated carbocycles. The average molecular weight is 314 g/mol. The smallest absolute Gasteiger partial charge is 0.251 e. The van der Waals surface area contributed by atoms with Crippen molar-refractivity contribution in [2.24, 2.45) is 5.92 Å². The van der Waals surface area contributed by atoms with E-state index in [1.54, 1.807) is 0 Å². The van der Waals surface area contributed by atoms with E-state index in [0.717, 1.165) is 24.3 Å². The minimum atomic E-state index is 0.0883. The Bertz CT molecular complexity index is 523. The molecule has 126 valence electrons. The molecule has 3 atom stereocenters. The highest BCUT2D eigenvalue weighted by atomic mass is 16.1. The highest BCUT2D eigenvalue weighted by molar-refractivity contribution is 5.94. The Morgan fingerprint density at radius 3 is 2.35 bits per heavy atom. The number of piperidine rings is 2. The number of nitrogens with one attached hydrogen (secondary N) is 1. The van der Waals surface area contributed by atoms with Crippen molar-refractivity contribution in [2.45, 2.75) is 71.0 Å². The molecule has 2 aliphatic heterocycles. The number of amides is 1. The molecule has 3 nitrogen and oxygen atoms in total. The first kappa shape index (κ1) is 16.5. The third kappa shape index (κ3) is 3.95. The minimum absolute atomic E-state index is 0.0883. The summed E-state index contributed by atoms with van der Waals surface area (Å²) >= 11 is 0. The van der Waals surface area contributed by atoms with Crippen LogP contribution < -0.4 is 5.32 Å². The number of benzene rings is 1. The summed E-state index contributed by atoms with van der Waals surface area (Å²) in [5, 5.41) is 3.29. The van der Waals surface area contributed by atoms with Crippen LogP contribution >= 0.6 is 0 Å². The first-order valence-electron chi connectivity index (χ1n) is 9.16. The molecule has 2 fully saturated rings. The number of rotatable bonds is 4. The Kier molecular flexibility index (Phi) is 5.05. The van der Waals surface area contributed by atoms with Gasteiger partial charge in [0.05, 0.1) is 0 Å². The van der Waals surface area contributed by atoms with E-state index < -0.39 is 0 Å². The molecule has 1 aromatic carbocycles. The number of hydrogen-bond acceptors (Lipinski definition) is 2. The van der Waals surface area contributed by atoms with Crippen molar-refractivity contribution in [1.29, 1.82) is 0 Å². The van der Waals surface area contributed by atoms with E-state index in [0.29, 0.717) is 18.1 Å². The third-order valence-electron chi connectivity index (χ3n) is 5.35. The predicted molar refractivity (Wildman–Crippen MR) is 94.6 cm³/mol. The van der Waals surface area contributed by atoms with Gasteiger partial charge in [-0.05, 0) is 50.7 Å². The summed E-state index contributed by atoms with van der Waals surface area (Å²) in [5.74, 6) is 0.808. The number of carbonyl (C=O) groups excluding carboxylic acids is 1. The summed E-state index contributed by atoms with van der Waals surface area (Å²) in [6.07, 6.45) is 6.16. The van der Waals surface area contributed by atoms with Gasteiger partial charge < -0.3 is 5.32 Å². The Morgan fingerprint density at radius 1 is 1.17 bits per heavy atom. The van der Waals surface area contributed by atoms with Gasteiger partial charge in [-0.25, -0.2) is 0 Å². The van der Waals surface area contributed by atoms with Gasteiger partial charge in [0.15, 0.2) is 0 Å². The van der Waals surface area contributed by atoms with Gasteiger partial charge in [-0.15, -0.1) is 0 Å². The van der Waals surface area contributed by atoms with E-state index in [1.807, 2.05) is 31.2 Å². The summed E-state index contributed by atoms with van der Waals surface area (Å²) in [7, 11) is 0. The number of fused-ring (bicyclic) bond motifs is 2. The van der Waals surface area contributed by atoms with Crippen molar-refractivity contribution in [3.63, 3.8) is 0 Å². The first-order chi connectivity index (χ1) is 11.0. The second-order valence-corrected chi connectivity index (χ2v) is 7.84. The zero-order valence-electron chi connectivity index (χ0n) is 14.7. The minimum Gasteiger partial charge on any atom is -0.349 e. The Hall–Kier alpha value is -1.35.